The molecule has 0 fully saturated rings. The van der Waals surface area contributed by atoms with E-state index in [0.29, 0.717) is 22.6 Å². The molecule has 0 aliphatic rings. The lowest BCUT2D eigenvalue weighted by atomic mass is 9.92. The molecule has 0 saturated carbocycles. The Labute approximate surface area is 154 Å². The van der Waals surface area contributed by atoms with Crippen LogP contribution in [0.25, 0.3) is 0 Å². The molecule has 0 aliphatic heterocycles. The largest absolute Gasteiger partial charge is 0.508 e. The predicted molar refractivity (Wildman–Crippen MR) is 103 cm³/mol. The number of carbonyl (C=O) groups excluding carboxylic acids is 1. The molecule has 0 heterocycles. The Morgan fingerprint density at radius 2 is 2.08 bits per heavy atom. The highest BCUT2D eigenvalue weighted by atomic mass is 16.5. The van der Waals surface area contributed by atoms with Crippen LogP contribution in [0.1, 0.15) is 32.3 Å². The zero-order chi connectivity index (χ0) is 19.7. The van der Waals surface area contributed by atoms with E-state index in [1.54, 1.807) is 37.3 Å². The number of allylic oxidation sites excluding steroid dienone is 3. The summed E-state index contributed by atoms with van der Waals surface area (Å²) in [5.41, 5.74) is 1.57. The first kappa shape index (κ1) is 21.5. The van der Waals surface area contributed by atoms with Gasteiger partial charge in [0.25, 0.3) is 0 Å². The van der Waals surface area contributed by atoms with Crippen molar-refractivity contribution in [1.82, 2.24) is 0 Å². The van der Waals surface area contributed by atoms with Crippen molar-refractivity contribution in [3.63, 3.8) is 0 Å². The number of ether oxygens (including phenoxy) is 1. The van der Waals surface area contributed by atoms with Crippen LogP contribution in [0.2, 0.25) is 0 Å². The van der Waals surface area contributed by atoms with E-state index in [9.17, 15) is 20.1 Å². The van der Waals surface area contributed by atoms with Gasteiger partial charge in [-0.05, 0) is 25.5 Å². The molecule has 0 unspecified atom stereocenters. The lowest BCUT2D eigenvalue weighted by molar-refractivity contribution is -0.114. The molecule has 0 radical (unpaired) electrons. The number of hydrogen-bond donors (Lipinski definition) is 4. The third-order valence-corrected chi connectivity index (χ3v) is 3.73. The first-order valence-corrected chi connectivity index (χ1v) is 8.31. The summed E-state index contributed by atoms with van der Waals surface area (Å²) >= 11 is 0. The van der Waals surface area contributed by atoms with Crippen molar-refractivity contribution in [3.8, 4) is 11.5 Å². The van der Waals surface area contributed by atoms with Gasteiger partial charge in [0.2, 0.25) is 5.91 Å². The number of carbonyl (C=O) groups is 1. The molecule has 26 heavy (non-hydrogen) atoms. The normalized spacial score (nSPS) is 14.6. The minimum absolute atomic E-state index is 0.0497. The van der Waals surface area contributed by atoms with E-state index in [0.717, 1.165) is 0 Å². The minimum Gasteiger partial charge on any atom is -0.508 e. The van der Waals surface area contributed by atoms with Crippen LogP contribution in [0.5, 0.6) is 11.5 Å². The molecule has 0 bridgehead atoms. The second-order valence-electron chi connectivity index (χ2n) is 5.84. The molecule has 1 rings (SSSR count). The third kappa shape index (κ3) is 6.06. The summed E-state index contributed by atoms with van der Waals surface area (Å²) in [6.07, 6.45) is 7.97. The summed E-state index contributed by atoms with van der Waals surface area (Å²) in [7, 11) is 1.44. The smallest absolute Gasteiger partial charge is 0.221 e. The molecule has 0 saturated heterocycles. The number of aromatic hydroxyl groups is 1. The quantitative estimate of drug-likeness (QED) is 0.421. The van der Waals surface area contributed by atoms with Crippen molar-refractivity contribution in [2.24, 2.45) is 0 Å². The summed E-state index contributed by atoms with van der Waals surface area (Å²) in [6, 6.07) is 2.98. The number of anilines is 1. The van der Waals surface area contributed by atoms with Gasteiger partial charge in [0.1, 0.15) is 11.5 Å². The van der Waals surface area contributed by atoms with Crippen LogP contribution in [-0.4, -0.2) is 41.0 Å². The van der Waals surface area contributed by atoms with Crippen LogP contribution in [0.3, 0.4) is 0 Å². The van der Waals surface area contributed by atoms with Crippen LogP contribution in [0, 0.1) is 0 Å². The van der Waals surface area contributed by atoms with Crippen molar-refractivity contribution >= 4 is 11.6 Å². The molecule has 1 amide bonds. The molecule has 1 aromatic rings. The van der Waals surface area contributed by atoms with Crippen molar-refractivity contribution < 1.29 is 24.9 Å². The van der Waals surface area contributed by atoms with Crippen molar-refractivity contribution in [2.75, 3.05) is 19.0 Å². The Bertz CT molecular complexity index is 704. The van der Waals surface area contributed by atoms with Gasteiger partial charge in [0.05, 0.1) is 25.5 Å². The molecule has 142 valence electrons. The lowest BCUT2D eigenvalue weighted by Gasteiger charge is -2.20. The average molecular weight is 361 g/mol. The van der Waals surface area contributed by atoms with E-state index in [1.165, 1.54) is 20.1 Å². The first-order chi connectivity index (χ1) is 12.3. The van der Waals surface area contributed by atoms with Gasteiger partial charge in [0.15, 0.2) is 0 Å². The number of aliphatic hydroxyl groups excluding tert-OH is 2. The molecular formula is C20H27NO5. The molecule has 1 aromatic carbocycles. The van der Waals surface area contributed by atoms with Gasteiger partial charge in [-0.25, -0.2) is 0 Å². The number of rotatable bonds is 8. The fourth-order valence-corrected chi connectivity index (χ4v) is 2.51. The van der Waals surface area contributed by atoms with Gasteiger partial charge in [-0.3, -0.25) is 4.79 Å². The molecule has 0 aliphatic carbocycles. The molecule has 0 aromatic heterocycles. The third-order valence-electron chi connectivity index (χ3n) is 3.73. The van der Waals surface area contributed by atoms with Crippen LogP contribution >= 0.6 is 0 Å². The summed E-state index contributed by atoms with van der Waals surface area (Å²) < 4.78 is 5.18. The summed E-state index contributed by atoms with van der Waals surface area (Å²) in [5, 5.41) is 32.4. The van der Waals surface area contributed by atoms with Crippen LogP contribution < -0.4 is 10.1 Å². The standard InChI is InChI=1S/C20H27NO5/c1-5-7-15(12-22)8-6-9-16(13(2)23)17-10-18(21-14(3)24)20(26-4)11-19(17)25/h5-11,13,16,22-23,25H,12H2,1-4H3,(H,21,24)/b7-5-,9-6+,15-8-/t13-,16+/m1/s1. The molecule has 2 atom stereocenters. The number of methoxy groups -OCH3 is 1. The summed E-state index contributed by atoms with van der Waals surface area (Å²) in [5.74, 6) is -0.516. The fraction of sp³-hybridized carbons (Fsp3) is 0.350. The van der Waals surface area contributed by atoms with E-state index < -0.39 is 12.0 Å². The van der Waals surface area contributed by atoms with Crippen LogP contribution in [-0.2, 0) is 4.79 Å². The van der Waals surface area contributed by atoms with Crippen molar-refractivity contribution in [2.45, 2.75) is 32.8 Å². The molecule has 6 heteroatoms. The number of benzene rings is 1. The number of phenolic OH excluding ortho intramolecular Hbond substituents is 1. The highest BCUT2D eigenvalue weighted by molar-refractivity contribution is 5.90. The second kappa shape index (κ2) is 10.4. The first-order valence-electron chi connectivity index (χ1n) is 8.31. The predicted octanol–water partition coefficient (Wildman–Crippen LogP) is 2.87. The lowest BCUT2D eigenvalue weighted by Crippen LogP contribution is -2.14. The summed E-state index contributed by atoms with van der Waals surface area (Å²) in [6.45, 7) is 4.74. The Balaban J connectivity index is 3.30. The highest BCUT2D eigenvalue weighted by Gasteiger charge is 2.21. The van der Waals surface area contributed by atoms with E-state index >= 15 is 0 Å². The zero-order valence-electron chi connectivity index (χ0n) is 15.6. The van der Waals surface area contributed by atoms with Gasteiger partial charge in [-0.1, -0.05) is 30.4 Å². The van der Waals surface area contributed by atoms with Crippen molar-refractivity contribution in [1.29, 1.82) is 0 Å². The fourth-order valence-electron chi connectivity index (χ4n) is 2.51. The van der Waals surface area contributed by atoms with Crippen LogP contribution in [0.4, 0.5) is 5.69 Å². The van der Waals surface area contributed by atoms with E-state index in [1.807, 2.05) is 13.0 Å². The number of phenols is 1. The van der Waals surface area contributed by atoms with E-state index in [2.05, 4.69) is 5.32 Å². The number of aliphatic hydroxyl groups is 2. The Morgan fingerprint density at radius 1 is 1.38 bits per heavy atom. The molecular weight excluding hydrogens is 334 g/mol. The Hall–Kier alpha value is -2.57. The highest BCUT2D eigenvalue weighted by Crippen LogP contribution is 2.38. The van der Waals surface area contributed by atoms with Gasteiger partial charge >= 0.3 is 0 Å². The number of hydrogen-bond acceptors (Lipinski definition) is 5. The maximum atomic E-state index is 11.4. The van der Waals surface area contributed by atoms with E-state index in [-0.39, 0.29) is 18.3 Å². The summed E-state index contributed by atoms with van der Waals surface area (Å²) in [4.78, 5) is 11.4. The minimum atomic E-state index is -0.789. The van der Waals surface area contributed by atoms with Crippen LogP contribution in [0.15, 0.2) is 48.1 Å². The van der Waals surface area contributed by atoms with Gasteiger partial charge in [-0.2, -0.15) is 0 Å². The monoisotopic (exact) mass is 361 g/mol. The zero-order valence-corrected chi connectivity index (χ0v) is 15.6. The Morgan fingerprint density at radius 3 is 2.58 bits per heavy atom. The topological polar surface area (TPSA) is 99.0 Å². The van der Waals surface area contributed by atoms with Gasteiger partial charge < -0.3 is 25.4 Å². The van der Waals surface area contributed by atoms with E-state index in [4.69, 9.17) is 4.74 Å². The average Bonchev–Trinajstić information content (AvgIpc) is 2.58. The molecule has 6 nitrogen and oxygen atoms in total. The maximum absolute atomic E-state index is 11.4. The molecule has 4 N–H and O–H groups in total. The SMILES string of the molecule is C\C=C/C(=C/C=C/[C@H](c1cc(NC(C)=O)c(OC)cc1O)[C@@H](C)O)CO. The number of nitrogens with one attached hydrogen (secondary N) is 1. The second-order valence-corrected chi connectivity index (χ2v) is 5.84. The van der Waals surface area contributed by atoms with Gasteiger partial charge in [0, 0.05) is 24.5 Å². The Kier molecular flexibility index (Phi) is 8.61. The maximum Gasteiger partial charge on any atom is 0.221 e. The number of amides is 1. The molecule has 0 spiro atoms. The van der Waals surface area contributed by atoms with Gasteiger partial charge in [-0.15, -0.1) is 0 Å². The van der Waals surface area contributed by atoms with Crippen molar-refractivity contribution in [3.05, 3.63) is 53.6 Å².